The van der Waals surface area contributed by atoms with E-state index in [1.165, 1.54) is 11.9 Å². The number of rotatable bonds is 3. The maximum atomic E-state index is 13.7. The summed E-state index contributed by atoms with van der Waals surface area (Å²) in [5, 5.41) is 9.88. The molecule has 1 N–H and O–H groups in total. The number of nitrogens with zero attached hydrogens (tertiary/aromatic N) is 1. The molecule has 110 valence electrons. The molecule has 0 spiro atoms. The molecule has 0 aliphatic heterocycles. The summed E-state index contributed by atoms with van der Waals surface area (Å²) in [7, 11) is 1.46. The molecule has 0 heterocycles. The van der Waals surface area contributed by atoms with Gasteiger partial charge in [-0.2, -0.15) is 0 Å². The molecule has 1 amide bonds. The summed E-state index contributed by atoms with van der Waals surface area (Å²) in [6.07, 6.45) is 3.04. The maximum absolute atomic E-state index is 13.7. The number of benzene rings is 1. The van der Waals surface area contributed by atoms with E-state index in [1.807, 2.05) is 0 Å². The Labute approximate surface area is 121 Å². The first-order valence-corrected chi connectivity index (χ1v) is 6.83. The third-order valence-corrected chi connectivity index (χ3v) is 3.94. The van der Waals surface area contributed by atoms with Gasteiger partial charge in [-0.05, 0) is 25.0 Å². The number of carbonyl (C=O) groups excluding carboxylic acids is 1. The van der Waals surface area contributed by atoms with Gasteiger partial charge in [-0.15, -0.1) is 0 Å². The van der Waals surface area contributed by atoms with E-state index in [-0.39, 0.29) is 17.1 Å². The van der Waals surface area contributed by atoms with E-state index in [2.05, 4.69) is 0 Å². The van der Waals surface area contributed by atoms with Crippen molar-refractivity contribution in [2.45, 2.75) is 31.3 Å². The van der Waals surface area contributed by atoms with Crippen molar-refractivity contribution in [1.82, 2.24) is 4.90 Å². The highest BCUT2D eigenvalue weighted by molar-refractivity contribution is 6.30. The van der Waals surface area contributed by atoms with Crippen molar-refractivity contribution in [2.24, 2.45) is 0 Å². The average Bonchev–Trinajstić information content (AvgIpc) is 2.79. The molecule has 0 saturated heterocycles. The lowest BCUT2D eigenvalue weighted by Gasteiger charge is -2.28. The topological polar surface area (TPSA) is 40.5 Å². The molecule has 1 aromatic carbocycles. The quantitative estimate of drug-likeness (QED) is 0.872. The lowest BCUT2D eigenvalue weighted by molar-refractivity contribution is 0.0155. The number of halogens is 3. The van der Waals surface area contributed by atoms with Gasteiger partial charge in [-0.3, -0.25) is 4.79 Å². The summed E-state index contributed by atoms with van der Waals surface area (Å²) in [6.45, 7) is 0.107. The summed E-state index contributed by atoms with van der Waals surface area (Å²) in [5.74, 6) is -2.38. The fourth-order valence-corrected chi connectivity index (χ4v) is 2.75. The normalized spacial score (nSPS) is 17.2. The fourth-order valence-electron chi connectivity index (χ4n) is 2.60. The zero-order valence-corrected chi connectivity index (χ0v) is 11.9. The first-order valence-electron chi connectivity index (χ1n) is 6.45. The molecule has 2 rings (SSSR count). The van der Waals surface area contributed by atoms with E-state index in [0.717, 1.165) is 25.0 Å². The number of aliphatic hydroxyl groups is 1. The van der Waals surface area contributed by atoms with Crippen molar-refractivity contribution < 1.29 is 18.7 Å². The van der Waals surface area contributed by atoms with Crippen LogP contribution < -0.4 is 0 Å². The fraction of sp³-hybridized carbons (Fsp3) is 0.500. The van der Waals surface area contributed by atoms with E-state index in [1.54, 1.807) is 0 Å². The molecule has 3 nitrogen and oxygen atoms in total. The Hall–Kier alpha value is -1.20. The molecule has 1 aromatic rings. The zero-order chi connectivity index (χ0) is 14.9. The summed E-state index contributed by atoms with van der Waals surface area (Å²) >= 11 is 5.45. The highest BCUT2D eigenvalue weighted by atomic mass is 35.5. The van der Waals surface area contributed by atoms with Gasteiger partial charge < -0.3 is 10.0 Å². The summed E-state index contributed by atoms with van der Waals surface area (Å²) < 4.78 is 27.0. The van der Waals surface area contributed by atoms with Crippen molar-refractivity contribution >= 4 is 17.5 Å². The van der Waals surface area contributed by atoms with E-state index in [0.29, 0.717) is 12.8 Å². The van der Waals surface area contributed by atoms with Crippen LogP contribution in [0.15, 0.2) is 12.1 Å². The third-order valence-electron chi connectivity index (χ3n) is 3.65. The Balaban J connectivity index is 2.16. The minimum Gasteiger partial charge on any atom is -0.388 e. The smallest absolute Gasteiger partial charge is 0.256 e. The van der Waals surface area contributed by atoms with Gasteiger partial charge in [0.2, 0.25) is 0 Å². The average molecular weight is 304 g/mol. The van der Waals surface area contributed by atoms with Crippen LogP contribution in [0.1, 0.15) is 36.0 Å². The van der Waals surface area contributed by atoms with Crippen LogP contribution in [0.5, 0.6) is 0 Å². The molecule has 20 heavy (non-hydrogen) atoms. The first-order chi connectivity index (χ1) is 9.32. The minimum atomic E-state index is -0.925. The Morgan fingerprint density at radius 3 is 2.55 bits per heavy atom. The van der Waals surface area contributed by atoms with Crippen LogP contribution >= 0.6 is 11.6 Å². The van der Waals surface area contributed by atoms with Crippen molar-refractivity contribution in [2.75, 3.05) is 13.6 Å². The van der Waals surface area contributed by atoms with Gasteiger partial charge in [0.05, 0.1) is 16.2 Å². The Morgan fingerprint density at radius 2 is 1.95 bits per heavy atom. The van der Waals surface area contributed by atoms with Gasteiger partial charge in [0.25, 0.3) is 5.91 Å². The van der Waals surface area contributed by atoms with Gasteiger partial charge in [0, 0.05) is 13.6 Å². The lowest BCUT2D eigenvalue weighted by atomic mass is 10.0. The first kappa shape index (κ1) is 15.2. The summed E-state index contributed by atoms with van der Waals surface area (Å²) in [4.78, 5) is 13.3. The Kier molecular flexibility index (Phi) is 4.30. The number of carbonyl (C=O) groups is 1. The minimum absolute atomic E-state index is 0.107. The predicted molar refractivity (Wildman–Crippen MR) is 71.7 cm³/mol. The molecule has 0 atom stereocenters. The summed E-state index contributed by atoms with van der Waals surface area (Å²) in [5.41, 5.74) is -1.30. The van der Waals surface area contributed by atoms with Gasteiger partial charge in [0.1, 0.15) is 11.6 Å². The van der Waals surface area contributed by atoms with Crippen LogP contribution in [-0.2, 0) is 0 Å². The molecule has 1 aliphatic carbocycles. The van der Waals surface area contributed by atoms with Crippen molar-refractivity contribution in [3.8, 4) is 0 Å². The van der Waals surface area contributed by atoms with E-state index < -0.39 is 23.1 Å². The highest BCUT2D eigenvalue weighted by Crippen LogP contribution is 2.30. The van der Waals surface area contributed by atoms with Gasteiger partial charge in [-0.1, -0.05) is 24.4 Å². The van der Waals surface area contributed by atoms with Crippen LogP contribution in [0.3, 0.4) is 0 Å². The molecule has 1 saturated carbocycles. The van der Waals surface area contributed by atoms with Crippen LogP contribution in [0, 0.1) is 11.6 Å². The van der Waals surface area contributed by atoms with E-state index >= 15 is 0 Å². The lowest BCUT2D eigenvalue weighted by Crippen LogP contribution is -2.42. The summed E-state index contributed by atoms with van der Waals surface area (Å²) in [6, 6.07) is 1.57. The van der Waals surface area contributed by atoms with Crippen molar-refractivity contribution in [1.29, 1.82) is 0 Å². The molecular weight excluding hydrogens is 288 g/mol. The van der Waals surface area contributed by atoms with Crippen LogP contribution in [0.25, 0.3) is 0 Å². The number of likely N-dealkylation sites (N-methyl/N-ethyl adjacent to an activating group) is 1. The Morgan fingerprint density at radius 1 is 1.35 bits per heavy atom. The van der Waals surface area contributed by atoms with Crippen molar-refractivity contribution in [3.63, 3.8) is 0 Å². The second-order valence-corrected chi connectivity index (χ2v) is 5.75. The van der Waals surface area contributed by atoms with Gasteiger partial charge in [0.15, 0.2) is 0 Å². The molecule has 1 fully saturated rings. The molecule has 0 aromatic heterocycles. The SMILES string of the molecule is CN(CC1(O)CCCC1)C(=O)c1cc(F)c(Cl)cc1F. The maximum Gasteiger partial charge on any atom is 0.256 e. The van der Waals surface area contributed by atoms with Crippen molar-refractivity contribution in [3.05, 3.63) is 34.4 Å². The predicted octanol–water partition coefficient (Wildman–Crippen LogP) is 3.00. The molecule has 0 bridgehead atoms. The van der Waals surface area contributed by atoms with E-state index in [4.69, 9.17) is 11.6 Å². The van der Waals surface area contributed by atoms with Crippen LogP contribution in [-0.4, -0.2) is 35.1 Å². The van der Waals surface area contributed by atoms with Gasteiger partial charge in [-0.25, -0.2) is 8.78 Å². The van der Waals surface area contributed by atoms with Crippen LogP contribution in [0.2, 0.25) is 5.02 Å². The molecule has 0 unspecified atom stereocenters. The van der Waals surface area contributed by atoms with E-state index in [9.17, 15) is 18.7 Å². The van der Waals surface area contributed by atoms with Crippen LogP contribution in [0.4, 0.5) is 8.78 Å². The number of hydrogen-bond donors (Lipinski definition) is 1. The molecular formula is C14H16ClF2NO2. The molecule has 1 aliphatic rings. The second-order valence-electron chi connectivity index (χ2n) is 5.34. The zero-order valence-electron chi connectivity index (χ0n) is 11.1. The molecule has 0 radical (unpaired) electrons. The Bertz CT molecular complexity index is 530. The standard InChI is InChI=1S/C14H16ClF2NO2/c1-18(8-14(20)4-2-3-5-14)13(19)9-6-12(17)10(15)7-11(9)16/h6-7,20H,2-5,8H2,1H3. The molecule has 6 heteroatoms. The second kappa shape index (κ2) is 5.66. The number of amides is 1. The largest absolute Gasteiger partial charge is 0.388 e. The third kappa shape index (κ3) is 3.10. The monoisotopic (exact) mass is 303 g/mol. The highest BCUT2D eigenvalue weighted by Gasteiger charge is 2.34. The number of hydrogen-bond acceptors (Lipinski definition) is 2. The van der Waals surface area contributed by atoms with Gasteiger partial charge >= 0.3 is 0 Å².